The minimum absolute atomic E-state index is 0.0243. The van der Waals surface area contributed by atoms with E-state index < -0.39 is 5.97 Å². The molecule has 25 heavy (non-hydrogen) atoms. The summed E-state index contributed by atoms with van der Waals surface area (Å²) in [6.45, 7) is 4.56. The van der Waals surface area contributed by atoms with Crippen LogP contribution < -0.4 is 9.47 Å². The molecule has 134 valence electrons. The first-order chi connectivity index (χ1) is 11.9. The zero-order valence-electron chi connectivity index (χ0n) is 14.1. The van der Waals surface area contributed by atoms with Gasteiger partial charge in [-0.15, -0.1) is 0 Å². The van der Waals surface area contributed by atoms with Gasteiger partial charge in [0.2, 0.25) is 0 Å². The van der Waals surface area contributed by atoms with Gasteiger partial charge in [0.05, 0.1) is 0 Å². The molecule has 4 nitrogen and oxygen atoms in total. The Labute approximate surface area is 157 Å². The summed E-state index contributed by atoms with van der Waals surface area (Å²) in [4.78, 5) is 10.8. The second-order valence-corrected chi connectivity index (χ2v) is 6.53. The van der Waals surface area contributed by atoms with E-state index in [0.29, 0.717) is 30.4 Å². The van der Waals surface area contributed by atoms with E-state index in [-0.39, 0.29) is 6.42 Å². The van der Waals surface area contributed by atoms with Gasteiger partial charge in [-0.05, 0) is 67.3 Å². The van der Waals surface area contributed by atoms with Crippen LogP contribution in [0, 0.1) is 13.8 Å². The molecule has 0 aromatic heterocycles. The van der Waals surface area contributed by atoms with Crippen molar-refractivity contribution in [1.82, 2.24) is 0 Å². The summed E-state index contributed by atoms with van der Waals surface area (Å²) in [5, 5.41) is 10.1. The summed E-state index contributed by atoms with van der Waals surface area (Å²) in [6, 6.07) is 8.96. The third kappa shape index (κ3) is 5.83. The molecule has 0 bridgehead atoms. The average molecular weight is 383 g/mol. The van der Waals surface area contributed by atoms with Gasteiger partial charge < -0.3 is 14.6 Å². The van der Waals surface area contributed by atoms with Crippen LogP contribution in [0.3, 0.4) is 0 Å². The van der Waals surface area contributed by atoms with Crippen LogP contribution in [-0.2, 0) is 11.2 Å². The molecule has 0 aliphatic rings. The number of hydrogen-bond donors (Lipinski definition) is 1. The number of aryl methyl sites for hydroxylation is 3. The van der Waals surface area contributed by atoms with Crippen molar-refractivity contribution in [3.05, 3.63) is 57.1 Å². The van der Waals surface area contributed by atoms with Crippen LogP contribution in [0.5, 0.6) is 11.5 Å². The van der Waals surface area contributed by atoms with Crippen molar-refractivity contribution in [3.63, 3.8) is 0 Å². The van der Waals surface area contributed by atoms with Crippen LogP contribution in [0.1, 0.15) is 23.1 Å². The molecule has 0 amide bonds. The fourth-order valence-corrected chi connectivity index (χ4v) is 2.73. The van der Waals surface area contributed by atoms with Gasteiger partial charge >= 0.3 is 5.97 Å². The number of ether oxygens (including phenoxy) is 2. The first kappa shape index (κ1) is 19.4. The molecule has 2 rings (SSSR count). The molecule has 1 N–H and O–H groups in total. The zero-order valence-corrected chi connectivity index (χ0v) is 15.7. The number of carboxylic acids is 1. The number of hydrogen-bond acceptors (Lipinski definition) is 3. The molecule has 2 aromatic carbocycles. The summed E-state index contributed by atoms with van der Waals surface area (Å²) in [5.74, 6) is 0.505. The van der Waals surface area contributed by atoms with Gasteiger partial charge in [-0.25, -0.2) is 0 Å². The van der Waals surface area contributed by atoms with Crippen molar-refractivity contribution in [3.8, 4) is 11.5 Å². The van der Waals surface area contributed by atoms with Gasteiger partial charge in [0.25, 0.3) is 0 Å². The fourth-order valence-electron chi connectivity index (χ4n) is 2.43. The highest BCUT2D eigenvalue weighted by atomic mass is 35.5. The number of carbonyl (C=O) groups is 1. The van der Waals surface area contributed by atoms with Gasteiger partial charge in [-0.1, -0.05) is 23.2 Å². The first-order valence-electron chi connectivity index (χ1n) is 7.89. The molecule has 0 aliphatic heterocycles. The number of benzene rings is 2. The maximum Gasteiger partial charge on any atom is 0.303 e. The number of halogens is 2. The van der Waals surface area contributed by atoms with Gasteiger partial charge in [-0.2, -0.15) is 0 Å². The molecule has 0 heterocycles. The smallest absolute Gasteiger partial charge is 0.303 e. The average Bonchev–Trinajstić information content (AvgIpc) is 2.55. The summed E-state index contributed by atoms with van der Waals surface area (Å²) >= 11 is 12.1. The van der Waals surface area contributed by atoms with E-state index in [9.17, 15) is 4.79 Å². The molecule has 6 heteroatoms. The van der Waals surface area contributed by atoms with E-state index in [4.69, 9.17) is 37.8 Å². The molecule has 2 aromatic rings. The summed E-state index contributed by atoms with van der Waals surface area (Å²) in [7, 11) is 0. The van der Waals surface area contributed by atoms with Gasteiger partial charge in [0.1, 0.15) is 24.7 Å². The Morgan fingerprint density at radius 1 is 1.04 bits per heavy atom. The van der Waals surface area contributed by atoms with Crippen molar-refractivity contribution in [2.75, 3.05) is 13.2 Å². The summed E-state index contributed by atoms with van der Waals surface area (Å²) < 4.78 is 11.4. The molecule has 0 spiro atoms. The molecular formula is C19H20Cl2O4. The highest BCUT2D eigenvalue weighted by Gasteiger charge is 2.08. The third-order valence-electron chi connectivity index (χ3n) is 3.65. The normalized spacial score (nSPS) is 10.6. The zero-order chi connectivity index (χ0) is 18.4. The van der Waals surface area contributed by atoms with Crippen molar-refractivity contribution in [1.29, 1.82) is 0 Å². The van der Waals surface area contributed by atoms with Crippen LogP contribution in [-0.4, -0.2) is 24.3 Å². The van der Waals surface area contributed by atoms with Crippen molar-refractivity contribution in [2.45, 2.75) is 26.7 Å². The third-order valence-corrected chi connectivity index (χ3v) is 4.48. The van der Waals surface area contributed by atoms with E-state index in [2.05, 4.69) is 0 Å². The van der Waals surface area contributed by atoms with Gasteiger partial charge in [0, 0.05) is 16.5 Å². The molecule has 0 radical (unpaired) electrons. The lowest BCUT2D eigenvalue weighted by atomic mass is 10.1. The first-order valence-corrected chi connectivity index (χ1v) is 8.65. The van der Waals surface area contributed by atoms with E-state index in [1.807, 2.05) is 26.0 Å². The van der Waals surface area contributed by atoms with Crippen LogP contribution in [0.2, 0.25) is 10.0 Å². The fraction of sp³-hybridized carbons (Fsp3) is 0.316. The maximum atomic E-state index is 10.8. The van der Waals surface area contributed by atoms with Gasteiger partial charge in [0.15, 0.2) is 0 Å². The van der Waals surface area contributed by atoms with Crippen LogP contribution in [0.15, 0.2) is 30.3 Å². The highest BCUT2D eigenvalue weighted by Crippen LogP contribution is 2.26. The Morgan fingerprint density at radius 2 is 1.68 bits per heavy atom. The lowest BCUT2D eigenvalue weighted by Crippen LogP contribution is -2.10. The standard InChI is InChI=1S/C19H20Cl2O4/c1-12-9-16(10-13(2)19(12)21)24-7-8-25-17-5-4-15(20)11-14(17)3-6-18(22)23/h4-5,9-11H,3,6-8H2,1-2H3,(H,22,23). The molecule has 0 unspecified atom stereocenters. The Kier molecular flexibility index (Phi) is 6.97. The van der Waals surface area contributed by atoms with Crippen LogP contribution >= 0.6 is 23.2 Å². The molecular weight excluding hydrogens is 363 g/mol. The number of aliphatic carboxylic acids is 1. The minimum atomic E-state index is -0.859. The number of carboxylic acid groups (broad SMARTS) is 1. The Morgan fingerprint density at radius 3 is 2.32 bits per heavy atom. The Balaban J connectivity index is 1.92. The lowest BCUT2D eigenvalue weighted by Gasteiger charge is -2.13. The maximum absolute atomic E-state index is 10.8. The predicted octanol–water partition coefficient (Wildman–Crippen LogP) is 5.09. The van der Waals surface area contributed by atoms with E-state index in [0.717, 1.165) is 27.5 Å². The van der Waals surface area contributed by atoms with Crippen LogP contribution in [0.4, 0.5) is 0 Å². The second kappa shape index (κ2) is 8.97. The van der Waals surface area contributed by atoms with Gasteiger partial charge in [-0.3, -0.25) is 4.79 Å². The minimum Gasteiger partial charge on any atom is -0.490 e. The SMILES string of the molecule is Cc1cc(OCCOc2ccc(Cl)cc2CCC(=O)O)cc(C)c1Cl. The second-order valence-electron chi connectivity index (χ2n) is 5.71. The quantitative estimate of drug-likeness (QED) is 0.646. The predicted molar refractivity (Wildman–Crippen MR) is 99.3 cm³/mol. The monoisotopic (exact) mass is 382 g/mol. The molecule has 0 saturated heterocycles. The largest absolute Gasteiger partial charge is 0.490 e. The van der Waals surface area contributed by atoms with E-state index in [1.165, 1.54) is 0 Å². The van der Waals surface area contributed by atoms with E-state index in [1.54, 1.807) is 18.2 Å². The Hall–Kier alpha value is -1.91. The molecule has 0 fully saturated rings. The lowest BCUT2D eigenvalue weighted by molar-refractivity contribution is -0.136. The van der Waals surface area contributed by atoms with Crippen molar-refractivity contribution >= 4 is 29.2 Å². The molecule has 0 saturated carbocycles. The number of rotatable bonds is 8. The van der Waals surface area contributed by atoms with Crippen LogP contribution in [0.25, 0.3) is 0 Å². The highest BCUT2D eigenvalue weighted by molar-refractivity contribution is 6.32. The molecule has 0 atom stereocenters. The summed E-state index contributed by atoms with van der Waals surface area (Å²) in [5.41, 5.74) is 2.70. The topological polar surface area (TPSA) is 55.8 Å². The molecule has 0 aliphatic carbocycles. The summed E-state index contributed by atoms with van der Waals surface area (Å²) in [6.07, 6.45) is 0.387. The van der Waals surface area contributed by atoms with E-state index >= 15 is 0 Å². The van der Waals surface area contributed by atoms with Crippen molar-refractivity contribution in [2.24, 2.45) is 0 Å². The Bertz CT molecular complexity index is 736. The van der Waals surface area contributed by atoms with Crippen molar-refractivity contribution < 1.29 is 19.4 Å².